The number of anilines is 1. The summed E-state index contributed by atoms with van der Waals surface area (Å²) in [4.78, 5) is 18.6. The number of hydrogen-bond donors (Lipinski definition) is 2. The van der Waals surface area contributed by atoms with E-state index >= 15 is 0 Å². The van der Waals surface area contributed by atoms with Gasteiger partial charge in [0.15, 0.2) is 0 Å². The van der Waals surface area contributed by atoms with Gasteiger partial charge in [0.2, 0.25) is 0 Å². The van der Waals surface area contributed by atoms with Crippen LogP contribution in [0.5, 0.6) is 0 Å². The molecule has 0 bridgehead atoms. The number of aryl methyl sites for hydroxylation is 1. The van der Waals surface area contributed by atoms with E-state index < -0.39 is 0 Å². The molecule has 1 heterocycles. The molecule has 1 saturated carbocycles. The summed E-state index contributed by atoms with van der Waals surface area (Å²) in [5.41, 5.74) is 0.398. The third kappa shape index (κ3) is 3.34. The largest absolute Gasteiger partial charge is 0.367 e. The Balaban J connectivity index is 2.02. The van der Waals surface area contributed by atoms with E-state index in [9.17, 15) is 4.79 Å². The van der Waals surface area contributed by atoms with E-state index in [4.69, 9.17) is 0 Å². The summed E-state index contributed by atoms with van der Waals surface area (Å²) >= 11 is 0. The van der Waals surface area contributed by atoms with Gasteiger partial charge in [-0.2, -0.15) is 0 Å². The highest BCUT2D eigenvalue weighted by Gasteiger charge is 2.26. The van der Waals surface area contributed by atoms with E-state index in [0.29, 0.717) is 11.5 Å². The summed E-state index contributed by atoms with van der Waals surface area (Å²) in [5.74, 6) is 1.47. The van der Waals surface area contributed by atoms with E-state index in [0.717, 1.165) is 30.9 Å². The van der Waals surface area contributed by atoms with Crippen LogP contribution in [-0.4, -0.2) is 16.0 Å². The molecule has 18 heavy (non-hydrogen) atoms. The van der Waals surface area contributed by atoms with Gasteiger partial charge >= 0.3 is 0 Å². The van der Waals surface area contributed by atoms with Crippen LogP contribution in [0.3, 0.4) is 0 Å². The van der Waals surface area contributed by atoms with Crippen molar-refractivity contribution in [2.45, 2.75) is 58.9 Å². The van der Waals surface area contributed by atoms with Crippen molar-refractivity contribution < 1.29 is 0 Å². The Labute approximate surface area is 108 Å². The van der Waals surface area contributed by atoms with Crippen molar-refractivity contribution in [1.29, 1.82) is 0 Å². The van der Waals surface area contributed by atoms with E-state index in [1.165, 1.54) is 12.8 Å². The van der Waals surface area contributed by atoms with Crippen molar-refractivity contribution in [3.8, 4) is 0 Å². The molecule has 0 aromatic carbocycles. The average molecular weight is 249 g/mol. The molecule has 4 nitrogen and oxygen atoms in total. The molecule has 2 N–H and O–H groups in total. The van der Waals surface area contributed by atoms with Gasteiger partial charge in [0.05, 0.1) is 0 Å². The van der Waals surface area contributed by atoms with Gasteiger partial charge in [-0.25, -0.2) is 4.98 Å². The van der Waals surface area contributed by atoms with Gasteiger partial charge in [-0.05, 0) is 31.1 Å². The van der Waals surface area contributed by atoms with Crippen LogP contribution >= 0.6 is 0 Å². The van der Waals surface area contributed by atoms with Crippen molar-refractivity contribution in [3.63, 3.8) is 0 Å². The Morgan fingerprint density at radius 1 is 1.44 bits per heavy atom. The van der Waals surface area contributed by atoms with Gasteiger partial charge in [0.1, 0.15) is 11.6 Å². The second-order valence-electron chi connectivity index (χ2n) is 6.01. The van der Waals surface area contributed by atoms with Crippen molar-refractivity contribution >= 4 is 5.82 Å². The summed E-state index contributed by atoms with van der Waals surface area (Å²) in [6, 6.07) is 2.01. The topological polar surface area (TPSA) is 57.8 Å². The van der Waals surface area contributed by atoms with Crippen LogP contribution in [0.4, 0.5) is 5.82 Å². The lowest BCUT2D eigenvalue weighted by Gasteiger charge is -2.34. The van der Waals surface area contributed by atoms with Crippen LogP contribution in [0.1, 0.15) is 52.3 Å². The highest BCUT2D eigenvalue weighted by Crippen LogP contribution is 2.35. The molecule has 0 amide bonds. The molecule has 1 aromatic heterocycles. The molecular weight excluding hydrogens is 226 g/mol. The van der Waals surface area contributed by atoms with Crippen LogP contribution in [-0.2, 0) is 6.42 Å². The van der Waals surface area contributed by atoms with Crippen LogP contribution in [0.25, 0.3) is 0 Å². The Morgan fingerprint density at radius 2 is 2.11 bits per heavy atom. The minimum Gasteiger partial charge on any atom is -0.367 e. The molecule has 0 spiro atoms. The van der Waals surface area contributed by atoms with Gasteiger partial charge in [-0.3, -0.25) is 4.79 Å². The molecule has 0 unspecified atom stereocenters. The minimum atomic E-state index is -0.0690. The molecule has 0 saturated heterocycles. The van der Waals surface area contributed by atoms with Crippen LogP contribution in [0.2, 0.25) is 0 Å². The Bertz CT molecular complexity index is 454. The Morgan fingerprint density at radius 3 is 2.72 bits per heavy atom. The molecule has 2 rings (SSSR count). The number of hydrogen-bond acceptors (Lipinski definition) is 3. The number of aromatic amines is 1. The first-order valence-electron chi connectivity index (χ1n) is 6.85. The number of nitrogens with zero attached hydrogens (tertiary/aromatic N) is 1. The van der Waals surface area contributed by atoms with E-state index in [1.54, 1.807) is 6.07 Å². The SMILES string of the molecule is CCc1nc(NC2CCC(C)(C)CC2)cc(=O)[nH]1. The zero-order valence-corrected chi connectivity index (χ0v) is 11.5. The molecule has 1 aliphatic carbocycles. The number of H-pyrrole nitrogens is 1. The third-order valence-corrected chi connectivity index (χ3v) is 3.82. The molecule has 1 aliphatic rings. The molecule has 1 aromatic rings. The molecule has 0 atom stereocenters. The van der Waals surface area contributed by atoms with Crippen molar-refractivity contribution in [1.82, 2.24) is 9.97 Å². The lowest BCUT2D eigenvalue weighted by Crippen LogP contribution is -2.30. The van der Waals surface area contributed by atoms with Gasteiger partial charge in [-0.1, -0.05) is 20.8 Å². The summed E-state index contributed by atoms with van der Waals surface area (Å²) in [6.07, 6.45) is 5.53. The smallest absolute Gasteiger partial charge is 0.252 e. The maximum atomic E-state index is 11.5. The van der Waals surface area contributed by atoms with Gasteiger partial charge in [0.25, 0.3) is 5.56 Å². The lowest BCUT2D eigenvalue weighted by atomic mass is 9.75. The fourth-order valence-corrected chi connectivity index (χ4v) is 2.50. The fourth-order valence-electron chi connectivity index (χ4n) is 2.50. The Hall–Kier alpha value is -1.32. The third-order valence-electron chi connectivity index (χ3n) is 3.82. The molecular formula is C14H23N3O. The summed E-state index contributed by atoms with van der Waals surface area (Å²) in [7, 11) is 0. The van der Waals surface area contributed by atoms with E-state index in [1.807, 2.05) is 6.92 Å². The van der Waals surface area contributed by atoms with Crippen LogP contribution in [0, 0.1) is 5.41 Å². The quantitative estimate of drug-likeness (QED) is 0.866. The van der Waals surface area contributed by atoms with Crippen molar-refractivity contribution in [2.75, 3.05) is 5.32 Å². The Kier molecular flexibility index (Phi) is 3.73. The predicted molar refractivity (Wildman–Crippen MR) is 73.9 cm³/mol. The summed E-state index contributed by atoms with van der Waals surface area (Å²) in [6.45, 7) is 6.64. The molecule has 100 valence electrons. The van der Waals surface area contributed by atoms with Crippen molar-refractivity contribution in [3.05, 3.63) is 22.2 Å². The highest BCUT2D eigenvalue weighted by molar-refractivity contribution is 5.34. The second-order valence-corrected chi connectivity index (χ2v) is 6.01. The standard InChI is InChI=1S/C14H23N3O/c1-4-11-16-12(9-13(18)17-11)15-10-5-7-14(2,3)8-6-10/h9-10H,4-8H2,1-3H3,(H2,15,16,17,18). The van der Waals surface area contributed by atoms with E-state index in [-0.39, 0.29) is 5.56 Å². The number of aromatic nitrogens is 2. The molecule has 4 heteroatoms. The van der Waals surface area contributed by atoms with Gasteiger partial charge in [0, 0.05) is 18.5 Å². The lowest BCUT2D eigenvalue weighted by molar-refractivity contribution is 0.232. The first-order valence-corrected chi connectivity index (χ1v) is 6.85. The monoisotopic (exact) mass is 249 g/mol. The van der Waals surface area contributed by atoms with E-state index in [2.05, 4.69) is 29.1 Å². The number of nitrogens with one attached hydrogen (secondary N) is 2. The second kappa shape index (κ2) is 5.12. The summed E-state index contributed by atoms with van der Waals surface area (Å²) in [5, 5.41) is 3.40. The van der Waals surface area contributed by atoms with Gasteiger partial charge in [-0.15, -0.1) is 0 Å². The highest BCUT2D eigenvalue weighted by atomic mass is 16.1. The normalized spacial score (nSPS) is 19.7. The maximum Gasteiger partial charge on any atom is 0.252 e. The number of rotatable bonds is 3. The molecule has 0 radical (unpaired) electrons. The first-order chi connectivity index (χ1) is 8.48. The molecule has 1 fully saturated rings. The first kappa shape index (κ1) is 13.1. The minimum absolute atomic E-state index is 0.0690. The maximum absolute atomic E-state index is 11.5. The van der Waals surface area contributed by atoms with Crippen LogP contribution < -0.4 is 10.9 Å². The fraction of sp³-hybridized carbons (Fsp3) is 0.714. The zero-order valence-electron chi connectivity index (χ0n) is 11.5. The predicted octanol–water partition coefficient (Wildman–Crippen LogP) is 2.71. The van der Waals surface area contributed by atoms with Crippen LogP contribution in [0.15, 0.2) is 10.9 Å². The van der Waals surface area contributed by atoms with Gasteiger partial charge < -0.3 is 10.3 Å². The summed E-state index contributed by atoms with van der Waals surface area (Å²) < 4.78 is 0. The average Bonchev–Trinajstić information content (AvgIpc) is 2.31. The van der Waals surface area contributed by atoms with Crippen molar-refractivity contribution in [2.24, 2.45) is 5.41 Å². The zero-order chi connectivity index (χ0) is 13.2. The molecule has 0 aliphatic heterocycles.